The van der Waals surface area contributed by atoms with Gasteiger partial charge >= 0.3 is 5.97 Å². The maximum absolute atomic E-state index is 11.9. The molecule has 1 fully saturated rings. The van der Waals surface area contributed by atoms with E-state index in [9.17, 15) is 9.59 Å². The Morgan fingerprint density at radius 2 is 2.05 bits per heavy atom. The van der Waals surface area contributed by atoms with Crippen molar-refractivity contribution in [3.05, 3.63) is 12.2 Å². The molecule has 1 saturated heterocycles. The van der Waals surface area contributed by atoms with Gasteiger partial charge in [0.15, 0.2) is 11.6 Å². The van der Waals surface area contributed by atoms with Crippen LogP contribution in [-0.4, -0.2) is 37.4 Å². The van der Waals surface area contributed by atoms with Crippen LogP contribution in [0.5, 0.6) is 0 Å². The number of carbonyl (C=O) groups is 2. The molecule has 0 saturated carbocycles. The summed E-state index contributed by atoms with van der Waals surface area (Å²) in [4.78, 5) is 23.5. The van der Waals surface area contributed by atoms with Gasteiger partial charge in [-0.15, -0.1) is 0 Å². The van der Waals surface area contributed by atoms with Crippen LogP contribution < -0.4 is 0 Å². The van der Waals surface area contributed by atoms with E-state index in [4.69, 9.17) is 14.2 Å². The van der Waals surface area contributed by atoms with Crippen LogP contribution in [0.1, 0.15) is 27.2 Å². The lowest BCUT2D eigenvalue weighted by atomic mass is 9.91. The topological polar surface area (TPSA) is 61.8 Å². The summed E-state index contributed by atoms with van der Waals surface area (Å²) < 4.78 is 16.4. The molecule has 19 heavy (non-hydrogen) atoms. The first-order valence-electron chi connectivity index (χ1n) is 6.55. The molecule has 0 radical (unpaired) electrons. The molecule has 0 N–H and O–H groups in total. The van der Waals surface area contributed by atoms with E-state index in [0.29, 0.717) is 19.8 Å². The lowest BCUT2D eigenvalue weighted by molar-refractivity contribution is -0.287. The number of hydrogen-bond donors (Lipinski definition) is 0. The van der Waals surface area contributed by atoms with E-state index < -0.39 is 17.7 Å². The van der Waals surface area contributed by atoms with Crippen LogP contribution in [0.15, 0.2) is 12.2 Å². The lowest BCUT2D eigenvalue weighted by Gasteiger charge is -2.43. The number of ketones is 1. The maximum atomic E-state index is 11.9. The van der Waals surface area contributed by atoms with E-state index >= 15 is 0 Å². The summed E-state index contributed by atoms with van der Waals surface area (Å²) in [6, 6.07) is 0. The van der Waals surface area contributed by atoms with Crippen molar-refractivity contribution in [2.45, 2.75) is 33.0 Å². The van der Waals surface area contributed by atoms with Crippen LogP contribution in [-0.2, 0) is 23.8 Å². The van der Waals surface area contributed by atoms with Crippen molar-refractivity contribution >= 4 is 11.8 Å². The Morgan fingerprint density at radius 1 is 1.42 bits per heavy atom. The second-order valence-corrected chi connectivity index (χ2v) is 5.76. The van der Waals surface area contributed by atoms with E-state index in [-0.39, 0.29) is 17.6 Å². The Kier molecular flexibility index (Phi) is 3.78. The predicted octanol–water partition coefficient (Wildman–Crippen LogP) is 1.46. The van der Waals surface area contributed by atoms with Gasteiger partial charge in [-0.1, -0.05) is 13.8 Å². The number of hydrogen-bond acceptors (Lipinski definition) is 5. The Morgan fingerprint density at radius 3 is 2.63 bits per heavy atom. The summed E-state index contributed by atoms with van der Waals surface area (Å²) in [5, 5.41) is 0. The molecule has 2 aliphatic rings. The predicted molar refractivity (Wildman–Crippen MR) is 67.3 cm³/mol. The van der Waals surface area contributed by atoms with Crippen LogP contribution >= 0.6 is 0 Å². The molecule has 0 bridgehead atoms. The molecule has 0 aromatic rings. The van der Waals surface area contributed by atoms with Crippen molar-refractivity contribution in [1.29, 1.82) is 0 Å². The van der Waals surface area contributed by atoms with E-state index in [1.54, 1.807) is 13.0 Å². The number of rotatable bonds is 3. The van der Waals surface area contributed by atoms with Gasteiger partial charge < -0.3 is 14.2 Å². The summed E-state index contributed by atoms with van der Waals surface area (Å²) >= 11 is 0. The molecular formula is C14H20O5. The molecule has 0 aromatic heterocycles. The molecule has 5 heteroatoms. The molecule has 0 aromatic carbocycles. The second-order valence-electron chi connectivity index (χ2n) is 5.76. The molecule has 0 unspecified atom stereocenters. The van der Waals surface area contributed by atoms with Gasteiger partial charge in [0.1, 0.15) is 0 Å². The molecule has 0 amide bonds. The highest BCUT2D eigenvalue weighted by atomic mass is 16.7. The monoisotopic (exact) mass is 268 g/mol. The summed E-state index contributed by atoms with van der Waals surface area (Å²) in [5.74, 6) is -2.27. The Bertz CT molecular complexity index is 400. The smallest absolute Gasteiger partial charge is 0.306 e. The average Bonchev–Trinajstić information content (AvgIpc) is 2.63. The zero-order valence-electron chi connectivity index (χ0n) is 11.6. The summed E-state index contributed by atoms with van der Waals surface area (Å²) in [6.45, 7) is 7.07. The van der Waals surface area contributed by atoms with Gasteiger partial charge in [0.05, 0.1) is 32.2 Å². The Labute approximate surface area is 112 Å². The molecule has 1 aliphatic carbocycles. The van der Waals surface area contributed by atoms with E-state index in [1.165, 1.54) is 6.08 Å². The lowest BCUT2D eigenvalue weighted by Crippen LogP contribution is -2.51. The van der Waals surface area contributed by atoms with Crippen LogP contribution in [0.2, 0.25) is 0 Å². The summed E-state index contributed by atoms with van der Waals surface area (Å²) in [5.41, 5.74) is -0.0841. The minimum Gasteiger partial charge on any atom is -0.466 e. The SMILES string of the molecule is CCOC(=O)C[C@@H]1C(=O)C=CC12OCC(C)(C)CO2. The van der Waals surface area contributed by atoms with Crippen molar-refractivity contribution in [3.63, 3.8) is 0 Å². The molecule has 106 valence electrons. The van der Waals surface area contributed by atoms with Crippen molar-refractivity contribution in [1.82, 2.24) is 0 Å². The minimum atomic E-state index is -1.08. The largest absolute Gasteiger partial charge is 0.466 e. The first-order chi connectivity index (χ1) is 8.88. The molecule has 1 spiro atoms. The van der Waals surface area contributed by atoms with E-state index in [1.807, 2.05) is 13.8 Å². The van der Waals surface area contributed by atoms with Crippen molar-refractivity contribution < 1.29 is 23.8 Å². The number of ether oxygens (including phenoxy) is 3. The quantitative estimate of drug-likeness (QED) is 0.725. The molecule has 1 atom stereocenters. The minimum absolute atomic E-state index is 0.0138. The van der Waals surface area contributed by atoms with Gasteiger partial charge in [0.2, 0.25) is 0 Å². The maximum Gasteiger partial charge on any atom is 0.306 e. The van der Waals surface area contributed by atoms with Crippen molar-refractivity contribution in [2.75, 3.05) is 19.8 Å². The molecule has 2 rings (SSSR count). The molecule has 1 heterocycles. The first kappa shape index (κ1) is 14.2. The van der Waals surface area contributed by atoms with Crippen LogP contribution in [0, 0.1) is 11.3 Å². The van der Waals surface area contributed by atoms with Crippen LogP contribution in [0.3, 0.4) is 0 Å². The fourth-order valence-electron chi connectivity index (χ4n) is 2.26. The zero-order valence-corrected chi connectivity index (χ0v) is 11.6. The zero-order chi connectivity index (χ0) is 14.1. The van der Waals surface area contributed by atoms with Crippen molar-refractivity contribution in [3.8, 4) is 0 Å². The fraction of sp³-hybridized carbons (Fsp3) is 0.714. The van der Waals surface area contributed by atoms with Crippen LogP contribution in [0.4, 0.5) is 0 Å². The van der Waals surface area contributed by atoms with Crippen LogP contribution in [0.25, 0.3) is 0 Å². The van der Waals surface area contributed by atoms with Gasteiger partial charge in [-0.2, -0.15) is 0 Å². The third-order valence-electron chi connectivity index (χ3n) is 3.36. The third kappa shape index (κ3) is 2.87. The standard InChI is InChI=1S/C14H20O5/c1-4-17-12(16)7-10-11(15)5-6-14(10)18-8-13(2,3)9-19-14/h5-6,10H,4,7-9H2,1-3H3/t10-/m1/s1. The summed E-state index contributed by atoms with van der Waals surface area (Å²) in [6.07, 6.45) is 3.04. The highest BCUT2D eigenvalue weighted by Gasteiger charge is 2.51. The van der Waals surface area contributed by atoms with Gasteiger partial charge in [0.25, 0.3) is 0 Å². The van der Waals surface area contributed by atoms with E-state index in [2.05, 4.69) is 0 Å². The number of carbonyl (C=O) groups excluding carboxylic acids is 2. The molecular weight excluding hydrogens is 248 g/mol. The highest BCUT2D eigenvalue weighted by Crippen LogP contribution is 2.40. The summed E-state index contributed by atoms with van der Waals surface area (Å²) in [7, 11) is 0. The van der Waals surface area contributed by atoms with E-state index in [0.717, 1.165) is 0 Å². The Balaban J connectivity index is 2.09. The van der Waals surface area contributed by atoms with Gasteiger partial charge in [-0.3, -0.25) is 9.59 Å². The normalized spacial score (nSPS) is 27.7. The van der Waals surface area contributed by atoms with Gasteiger partial charge in [0, 0.05) is 5.41 Å². The van der Waals surface area contributed by atoms with Gasteiger partial charge in [-0.25, -0.2) is 0 Å². The molecule has 1 aliphatic heterocycles. The highest BCUT2D eigenvalue weighted by molar-refractivity contribution is 5.97. The average molecular weight is 268 g/mol. The van der Waals surface area contributed by atoms with Crippen molar-refractivity contribution in [2.24, 2.45) is 11.3 Å². The molecule has 5 nitrogen and oxygen atoms in total. The second kappa shape index (κ2) is 5.06. The number of allylic oxidation sites excluding steroid dienone is 1. The van der Waals surface area contributed by atoms with Gasteiger partial charge in [-0.05, 0) is 19.1 Å². The number of esters is 1. The Hall–Kier alpha value is -1.20. The third-order valence-corrected chi connectivity index (χ3v) is 3.36. The first-order valence-corrected chi connectivity index (χ1v) is 6.55. The fourth-order valence-corrected chi connectivity index (χ4v) is 2.26.